The second-order valence-corrected chi connectivity index (χ2v) is 9.90. The maximum Gasteiger partial charge on any atom is 0.233 e. The first-order chi connectivity index (χ1) is 15.1. The second-order valence-electron chi connectivity index (χ2n) is 9.90. The van der Waals surface area contributed by atoms with Gasteiger partial charge in [-0.05, 0) is 74.7 Å². The van der Waals surface area contributed by atoms with Crippen LogP contribution in [0.5, 0.6) is 0 Å². The summed E-state index contributed by atoms with van der Waals surface area (Å²) in [5.74, 6) is 0.348. The van der Waals surface area contributed by atoms with Crippen LogP contribution in [0.25, 0.3) is 0 Å². The van der Waals surface area contributed by atoms with E-state index in [4.69, 9.17) is 0 Å². The van der Waals surface area contributed by atoms with Crippen molar-refractivity contribution in [3.05, 3.63) is 29.8 Å². The molecule has 0 spiro atoms. The molecule has 2 aliphatic carbocycles. The first-order valence-electron chi connectivity index (χ1n) is 12.1. The summed E-state index contributed by atoms with van der Waals surface area (Å²) >= 11 is 0. The number of carbonyl (C=O) groups excluding carboxylic acids is 3. The molecule has 4 unspecified atom stereocenters. The van der Waals surface area contributed by atoms with E-state index in [2.05, 4.69) is 16.3 Å². The van der Waals surface area contributed by atoms with Gasteiger partial charge in [-0.15, -0.1) is 0 Å². The Morgan fingerprint density at radius 3 is 2.32 bits per heavy atom. The molecule has 31 heavy (non-hydrogen) atoms. The number of carbonyl (C=O) groups is 3. The quantitative estimate of drug-likeness (QED) is 0.712. The smallest absolute Gasteiger partial charge is 0.233 e. The number of imide groups is 1. The van der Waals surface area contributed by atoms with Gasteiger partial charge in [0.2, 0.25) is 17.7 Å². The number of anilines is 1. The average molecular weight is 424 g/mol. The van der Waals surface area contributed by atoms with E-state index >= 15 is 0 Å². The minimum Gasteiger partial charge on any atom is -0.326 e. The topological polar surface area (TPSA) is 69.7 Å². The van der Waals surface area contributed by atoms with Gasteiger partial charge in [0.15, 0.2) is 0 Å². The van der Waals surface area contributed by atoms with Crippen molar-refractivity contribution >= 4 is 23.4 Å². The van der Waals surface area contributed by atoms with Crippen LogP contribution in [-0.2, 0) is 20.9 Å². The van der Waals surface area contributed by atoms with Crippen LogP contribution in [-0.4, -0.2) is 47.2 Å². The van der Waals surface area contributed by atoms with Crippen molar-refractivity contribution in [3.8, 4) is 0 Å². The van der Waals surface area contributed by atoms with Crippen LogP contribution in [0.4, 0.5) is 5.69 Å². The third-order valence-corrected chi connectivity index (χ3v) is 7.90. The first-order valence-corrected chi connectivity index (χ1v) is 12.1. The average Bonchev–Trinajstić information content (AvgIpc) is 3.36. The van der Waals surface area contributed by atoms with Crippen molar-refractivity contribution in [3.63, 3.8) is 0 Å². The molecular weight excluding hydrogens is 390 g/mol. The lowest BCUT2D eigenvalue weighted by molar-refractivity contribution is -0.140. The molecule has 2 heterocycles. The van der Waals surface area contributed by atoms with Gasteiger partial charge in [0.25, 0.3) is 0 Å². The molecule has 4 atom stereocenters. The number of amides is 3. The number of rotatable bonds is 6. The van der Waals surface area contributed by atoms with E-state index in [0.717, 1.165) is 44.6 Å². The zero-order chi connectivity index (χ0) is 21.4. The fourth-order valence-corrected chi connectivity index (χ4v) is 6.43. The van der Waals surface area contributed by atoms with Gasteiger partial charge in [-0.3, -0.25) is 24.2 Å². The highest BCUT2D eigenvalue weighted by Gasteiger charge is 2.60. The van der Waals surface area contributed by atoms with E-state index in [-0.39, 0.29) is 42.5 Å². The van der Waals surface area contributed by atoms with Gasteiger partial charge < -0.3 is 5.32 Å². The number of nitrogens with one attached hydrogen (secondary N) is 1. The predicted octanol–water partition coefficient (Wildman–Crippen LogP) is 3.42. The van der Waals surface area contributed by atoms with E-state index in [1.54, 1.807) is 0 Å². The van der Waals surface area contributed by atoms with Gasteiger partial charge in [-0.25, -0.2) is 0 Å². The highest BCUT2D eigenvalue weighted by atomic mass is 16.2. The fourth-order valence-electron chi connectivity index (χ4n) is 6.43. The van der Waals surface area contributed by atoms with Gasteiger partial charge in [0.05, 0.1) is 11.8 Å². The number of benzene rings is 1. The molecular formula is C25H33N3O3. The van der Waals surface area contributed by atoms with Crippen LogP contribution in [0.3, 0.4) is 0 Å². The normalized spacial score (nSPS) is 30.5. The Labute approximate surface area is 184 Å². The van der Waals surface area contributed by atoms with E-state index < -0.39 is 0 Å². The van der Waals surface area contributed by atoms with Crippen molar-refractivity contribution in [2.45, 2.75) is 57.9 Å². The van der Waals surface area contributed by atoms with Crippen LogP contribution in [0.15, 0.2) is 24.3 Å². The first kappa shape index (κ1) is 20.7. The summed E-state index contributed by atoms with van der Waals surface area (Å²) in [5, 5.41) is 2.96. The largest absolute Gasteiger partial charge is 0.326 e. The van der Waals surface area contributed by atoms with Crippen molar-refractivity contribution in [2.75, 3.05) is 25.0 Å². The van der Waals surface area contributed by atoms with Gasteiger partial charge in [0.1, 0.15) is 0 Å². The Kier molecular flexibility index (Phi) is 5.83. The number of nitrogens with zero attached hydrogens (tertiary/aromatic N) is 2. The summed E-state index contributed by atoms with van der Waals surface area (Å²) in [5.41, 5.74) is 1.99. The van der Waals surface area contributed by atoms with Gasteiger partial charge in [-0.1, -0.05) is 25.0 Å². The molecule has 4 aliphatic rings. The third kappa shape index (κ3) is 4.14. The van der Waals surface area contributed by atoms with Crippen LogP contribution >= 0.6 is 0 Å². The standard InChI is InChI=1S/C25H33N3O3/c29-21(10-13-28-24(30)22-18-8-9-19(15-18)23(22)25(28)31)26-20-7-5-6-17(14-20)16-27-11-3-1-2-4-12-27/h5-7,14,18-19,22-23H,1-4,8-13,15-16H2,(H,26,29). The molecule has 2 saturated heterocycles. The molecule has 1 aromatic carbocycles. The molecule has 2 saturated carbocycles. The maximum atomic E-state index is 12.8. The molecule has 5 rings (SSSR count). The number of likely N-dealkylation sites (tertiary alicyclic amines) is 2. The molecule has 0 aromatic heterocycles. The Hall–Kier alpha value is -2.21. The van der Waals surface area contributed by atoms with Gasteiger partial charge >= 0.3 is 0 Å². The molecule has 2 bridgehead atoms. The molecule has 1 aromatic rings. The lowest BCUT2D eigenvalue weighted by Crippen LogP contribution is -2.35. The monoisotopic (exact) mass is 423 g/mol. The number of fused-ring (bicyclic) bond motifs is 5. The van der Waals surface area contributed by atoms with Crippen molar-refractivity contribution < 1.29 is 14.4 Å². The minimum atomic E-state index is -0.146. The zero-order valence-corrected chi connectivity index (χ0v) is 18.2. The summed E-state index contributed by atoms with van der Waals surface area (Å²) < 4.78 is 0. The Morgan fingerprint density at radius 2 is 1.65 bits per heavy atom. The van der Waals surface area contributed by atoms with Gasteiger partial charge in [0, 0.05) is 25.2 Å². The van der Waals surface area contributed by atoms with Crippen LogP contribution in [0.1, 0.15) is 56.9 Å². The highest BCUT2D eigenvalue weighted by molar-refractivity contribution is 6.06. The fraction of sp³-hybridized carbons (Fsp3) is 0.640. The van der Waals surface area contributed by atoms with Crippen molar-refractivity contribution in [2.24, 2.45) is 23.7 Å². The van der Waals surface area contributed by atoms with Crippen molar-refractivity contribution in [1.82, 2.24) is 9.80 Å². The Morgan fingerprint density at radius 1 is 0.968 bits per heavy atom. The number of hydrogen-bond acceptors (Lipinski definition) is 4. The SMILES string of the molecule is O=C(CCN1C(=O)C2C3CCC(C3)C2C1=O)Nc1cccc(CN2CCCCCC2)c1. The summed E-state index contributed by atoms with van der Waals surface area (Å²) in [4.78, 5) is 42.0. The van der Waals surface area contributed by atoms with Crippen LogP contribution in [0.2, 0.25) is 0 Å². The number of hydrogen-bond donors (Lipinski definition) is 1. The maximum absolute atomic E-state index is 12.8. The second kappa shape index (κ2) is 8.73. The summed E-state index contributed by atoms with van der Waals surface area (Å²) in [7, 11) is 0. The molecule has 0 radical (unpaired) electrons. The molecule has 2 aliphatic heterocycles. The molecule has 1 N–H and O–H groups in total. The van der Waals surface area contributed by atoms with E-state index in [1.807, 2.05) is 18.2 Å². The summed E-state index contributed by atoms with van der Waals surface area (Å²) in [6, 6.07) is 8.03. The van der Waals surface area contributed by atoms with Crippen LogP contribution in [0, 0.1) is 23.7 Å². The predicted molar refractivity (Wildman–Crippen MR) is 118 cm³/mol. The zero-order valence-electron chi connectivity index (χ0n) is 18.2. The minimum absolute atomic E-state index is 0.0329. The molecule has 3 amide bonds. The lowest BCUT2D eigenvalue weighted by atomic mass is 9.81. The van der Waals surface area contributed by atoms with E-state index in [9.17, 15) is 14.4 Å². The summed E-state index contributed by atoms with van der Waals surface area (Å²) in [6.07, 6.45) is 8.49. The molecule has 4 fully saturated rings. The van der Waals surface area contributed by atoms with Gasteiger partial charge in [-0.2, -0.15) is 0 Å². The van der Waals surface area contributed by atoms with E-state index in [0.29, 0.717) is 11.8 Å². The molecule has 6 nitrogen and oxygen atoms in total. The Bertz CT molecular complexity index is 833. The summed E-state index contributed by atoms with van der Waals surface area (Å²) in [6.45, 7) is 3.38. The Balaban J connectivity index is 1.14. The molecule has 6 heteroatoms. The highest BCUT2D eigenvalue weighted by Crippen LogP contribution is 2.56. The van der Waals surface area contributed by atoms with Crippen molar-refractivity contribution in [1.29, 1.82) is 0 Å². The lowest BCUT2D eigenvalue weighted by Gasteiger charge is -2.20. The molecule has 166 valence electrons. The van der Waals surface area contributed by atoms with Crippen LogP contribution < -0.4 is 5.32 Å². The van der Waals surface area contributed by atoms with E-state index in [1.165, 1.54) is 36.1 Å². The third-order valence-electron chi connectivity index (χ3n) is 7.90.